The molecule has 0 bridgehead atoms. The third kappa shape index (κ3) is 5.28. The maximum atomic E-state index is 13.1. The van der Waals surface area contributed by atoms with Crippen molar-refractivity contribution in [1.82, 2.24) is 5.32 Å². The highest BCUT2D eigenvalue weighted by molar-refractivity contribution is 6.01. The number of benzene rings is 2. The topological polar surface area (TPSA) is 70.7 Å². The van der Waals surface area contributed by atoms with E-state index in [0.29, 0.717) is 11.3 Å². The Morgan fingerprint density at radius 1 is 1.03 bits per heavy atom. The number of ether oxygens (including phenoxy) is 1. The summed E-state index contributed by atoms with van der Waals surface area (Å²) in [6.45, 7) is 5.28. The van der Waals surface area contributed by atoms with E-state index in [-0.39, 0.29) is 17.9 Å². The van der Waals surface area contributed by atoms with Crippen LogP contribution in [0.25, 0.3) is 0 Å². The number of rotatable bonds is 6. The average Bonchev–Trinajstić information content (AvgIpc) is 2.73. The van der Waals surface area contributed by atoms with Crippen molar-refractivity contribution < 1.29 is 14.3 Å². The van der Waals surface area contributed by atoms with Gasteiger partial charge in [0.15, 0.2) is 0 Å². The Bertz CT molecular complexity index is 858. The molecule has 0 aliphatic carbocycles. The Hall–Kier alpha value is -3.02. The van der Waals surface area contributed by atoms with Crippen LogP contribution in [0.15, 0.2) is 42.5 Å². The van der Waals surface area contributed by atoms with Crippen LogP contribution in [0.4, 0.5) is 11.4 Å². The molecule has 2 aromatic carbocycles. The lowest BCUT2D eigenvalue weighted by atomic mass is 10.0. The van der Waals surface area contributed by atoms with E-state index in [1.807, 2.05) is 37.3 Å². The molecular formula is C23H29N3O3. The minimum absolute atomic E-state index is 0.122. The van der Waals surface area contributed by atoms with Gasteiger partial charge in [-0.05, 0) is 62.1 Å². The summed E-state index contributed by atoms with van der Waals surface area (Å²) in [6.07, 6.45) is 3.42. The molecule has 0 radical (unpaired) electrons. The zero-order valence-electron chi connectivity index (χ0n) is 17.3. The van der Waals surface area contributed by atoms with E-state index >= 15 is 0 Å². The first-order valence-corrected chi connectivity index (χ1v) is 10.1. The van der Waals surface area contributed by atoms with Gasteiger partial charge in [0.05, 0.1) is 24.4 Å². The second kappa shape index (κ2) is 9.45. The molecule has 1 saturated heterocycles. The smallest absolute Gasteiger partial charge is 0.253 e. The first-order chi connectivity index (χ1) is 14.0. The SMILES string of the molecule is COc1ccc([C@@H](C)NC(=O)c2ccc(NC(C)=O)cc2N2CCCCC2)cc1. The molecule has 0 saturated carbocycles. The number of nitrogens with one attached hydrogen (secondary N) is 2. The molecule has 2 N–H and O–H groups in total. The molecule has 2 amide bonds. The highest BCUT2D eigenvalue weighted by Crippen LogP contribution is 2.28. The zero-order chi connectivity index (χ0) is 20.8. The number of hydrogen-bond donors (Lipinski definition) is 2. The summed E-state index contributed by atoms with van der Waals surface area (Å²) in [5, 5.41) is 5.91. The van der Waals surface area contributed by atoms with Crippen molar-refractivity contribution in [2.24, 2.45) is 0 Å². The summed E-state index contributed by atoms with van der Waals surface area (Å²) < 4.78 is 5.20. The van der Waals surface area contributed by atoms with Gasteiger partial charge in [-0.2, -0.15) is 0 Å². The van der Waals surface area contributed by atoms with E-state index in [4.69, 9.17) is 4.74 Å². The predicted octanol–water partition coefficient (Wildman–Crippen LogP) is 4.13. The minimum atomic E-state index is -0.141. The van der Waals surface area contributed by atoms with Crippen LogP contribution in [0.2, 0.25) is 0 Å². The fraction of sp³-hybridized carbons (Fsp3) is 0.391. The van der Waals surface area contributed by atoms with Crippen LogP contribution in [0, 0.1) is 0 Å². The maximum absolute atomic E-state index is 13.1. The van der Waals surface area contributed by atoms with E-state index in [2.05, 4.69) is 15.5 Å². The van der Waals surface area contributed by atoms with E-state index < -0.39 is 0 Å². The molecule has 0 spiro atoms. The lowest BCUT2D eigenvalue weighted by Gasteiger charge is -2.31. The molecule has 0 unspecified atom stereocenters. The normalized spacial score (nSPS) is 14.8. The number of anilines is 2. The van der Waals surface area contributed by atoms with Crippen LogP contribution in [0.5, 0.6) is 5.75 Å². The van der Waals surface area contributed by atoms with Crippen molar-refractivity contribution in [1.29, 1.82) is 0 Å². The lowest BCUT2D eigenvalue weighted by molar-refractivity contribution is -0.114. The van der Waals surface area contributed by atoms with E-state index in [1.54, 1.807) is 19.2 Å². The fourth-order valence-corrected chi connectivity index (χ4v) is 3.65. The summed E-state index contributed by atoms with van der Waals surface area (Å²) in [5.41, 5.74) is 3.21. The summed E-state index contributed by atoms with van der Waals surface area (Å²) >= 11 is 0. The minimum Gasteiger partial charge on any atom is -0.497 e. The van der Waals surface area contributed by atoms with Gasteiger partial charge in [-0.25, -0.2) is 0 Å². The Morgan fingerprint density at radius 3 is 2.34 bits per heavy atom. The number of methoxy groups -OCH3 is 1. The van der Waals surface area contributed by atoms with Crippen molar-refractivity contribution in [3.8, 4) is 5.75 Å². The quantitative estimate of drug-likeness (QED) is 0.771. The average molecular weight is 396 g/mol. The molecule has 154 valence electrons. The van der Waals surface area contributed by atoms with Crippen molar-refractivity contribution in [2.45, 2.75) is 39.2 Å². The number of hydrogen-bond acceptors (Lipinski definition) is 4. The predicted molar refractivity (Wildman–Crippen MR) is 116 cm³/mol. The third-order valence-corrected chi connectivity index (χ3v) is 5.22. The van der Waals surface area contributed by atoms with Gasteiger partial charge in [0.1, 0.15) is 5.75 Å². The van der Waals surface area contributed by atoms with Gasteiger partial charge in [-0.15, -0.1) is 0 Å². The number of carbonyl (C=O) groups is 2. The molecule has 6 nitrogen and oxygen atoms in total. The highest BCUT2D eigenvalue weighted by atomic mass is 16.5. The van der Waals surface area contributed by atoms with Gasteiger partial charge in [-0.3, -0.25) is 9.59 Å². The Morgan fingerprint density at radius 2 is 1.72 bits per heavy atom. The molecule has 1 fully saturated rings. The third-order valence-electron chi connectivity index (χ3n) is 5.22. The zero-order valence-corrected chi connectivity index (χ0v) is 17.3. The van der Waals surface area contributed by atoms with E-state index in [9.17, 15) is 9.59 Å². The number of amides is 2. The molecule has 0 aromatic heterocycles. The van der Waals surface area contributed by atoms with E-state index in [0.717, 1.165) is 42.9 Å². The molecule has 1 aliphatic rings. The number of piperidine rings is 1. The monoisotopic (exact) mass is 395 g/mol. The largest absolute Gasteiger partial charge is 0.497 e. The van der Waals surface area contributed by atoms with Crippen molar-refractivity contribution in [3.63, 3.8) is 0 Å². The summed E-state index contributed by atoms with van der Waals surface area (Å²) in [7, 11) is 1.63. The Balaban J connectivity index is 1.82. The van der Waals surface area contributed by atoms with Crippen LogP contribution in [-0.4, -0.2) is 32.0 Å². The maximum Gasteiger partial charge on any atom is 0.253 e. The number of carbonyl (C=O) groups excluding carboxylic acids is 2. The van der Waals surface area contributed by atoms with Crippen molar-refractivity contribution in [2.75, 3.05) is 30.4 Å². The van der Waals surface area contributed by atoms with Crippen LogP contribution in [0.1, 0.15) is 55.1 Å². The fourth-order valence-electron chi connectivity index (χ4n) is 3.65. The molecular weight excluding hydrogens is 366 g/mol. The first kappa shape index (κ1) is 20.7. The standard InChI is InChI=1S/C23H29N3O3/c1-16(18-7-10-20(29-3)11-8-18)24-23(28)21-12-9-19(25-17(2)27)15-22(21)26-13-5-4-6-14-26/h7-12,15-16H,4-6,13-14H2,1-3H3,(H,24,28)(H,25,27)/t16-/m1/s1. The lowest BCUT2D eigenvalue weighted by Crippen LogP contribution is -2.33. The van der Waals surface area contributed by atoms with Gasteiger partial charge in [0.2, 0.25) is 5.91 Å². The van der Waals surface area contributed by atoms with Crippen LogP contribution in [-0.2, 0) is 4.79 Å². The second-order valence-corrected chi connectivity index (χ2v) is 7.43. The Kier molecular flexibility index (Phi) is 6.75. The van der Waals surface area contributed by atoms with E-state index in [1.165, 1.54) is 13.3 Å². The molecule has 1 heterocycles. The van der Waals surface area contributed by atoms with Crippen LogP contribution < -0.4 is 20.3 Å². The summed E-state index contributed by atoms with van der Waals surface area (Å²) in [4.78, 5) is 26.8. The molecule has 6 heteroatoms. The highest BCUT2D eigenvalue weighted by Gasteiger charge is 2.21. The van der Waals surface area contributed by atoms with Crippen molar-refractivity contribution >= 4 is 23.2 Å². The summed E-state index contributed by atoms with van der Waals surface area (Å²) in [6, 6.07) is 13.0. The second-order valence-electron chi connectivity index (χ2n) is 7.43. The molecule has 2 aromatic rings. The van der Waals surface area contributed by atoms with Gasteiger partial charge in [0.25, 0.3) is 5.91 Å². The van der Waals surface area contributed by atoms with Crippen molar-refractivity contribution in [3.05, 3.63) is 53.6 Å². The van der Waals surface area contributed by atoms with Crippen LogP contribution in [0.3, 0.4) is 0 Å². The van der Waals surface area contributed by atoms with Gasteiger partial charge >= 0.3 is 0 Å². The Labute approximate surface area is 172 Å². The van der Waals surface area contributed by atoms with Crippen LogP contribution >= 0.6 is 0 Å². The first-order valence-electron chi connectivity index (χ1n) is 10.1. The van der Waals surface area contributed by atoms with Gasteiger partial charge in [0, 0.05) is 25.7 Å². The molecule has 29 heavy (non-hydrogen) atoms. The molecule has 1 aliphatic heterocycles. The molecule has 3 rings (SSSR count). The number of nitrogens with zero attached hydrogens (tertiary/aromatic N) is 1. The van der Waals surface area contributed by atoms with Gasteiger partial charge in [-0.1, -0.05) is 12.1 Å². The summed E-state index contributed by atoms with van der Waals surface area (Å²) in [5.74, 6) is 0.538. The molecule has 1 atom stereocenters. The van der Waals surface area contributed by atoms with Gasteiger partial charge < -0.3 is 20.3 Å².